The number of rotatable bonds is 3. The minimum Gasteiger partial charge on any atom is -0.314 e. The summed E-state index contributed by atoms with van der Waals surface area (Å²) >= 11 is 0. The van der Waals surface area contributed by atoms with Crippen LogP contribution in [0, 0.1) is 0 Å². The Bertz CT molecular complexity index is 400. The summed E-state index contributed by atoms with van der Waals surface area (Å²) in [5.41, 5.74) is 1.40. The summed E-state index contributed by atoms with van der Waals surface area (Å²) in [7, 11) is 0. The van der Waals surface area contributed by atoms with Gasteiger partial charge in [-0.3, -0.25) is 4.90 Å². The molecule has 1 heterocycles. The summed E-state index contributed by atoms with van der Waals surface area (Å²) < 4.78 is 39.9. The van der Waals surface area contributed by atoms with Crippen LogP contribution in [0.5, 0.6) is 0 Å². The van der Waals surface area contributed by atoms with Gasteiger partial charge in [0.15, 0.2) is 0 Å². The molecule has 0 aliphatic carbocycles. The molecule has 1 saturated heterocycles. The van der Waals surface area contributed by atoms with Crippen LogP contribution in [0.4, 0.5) is 13.2 Å². The first-order valence-corrected chi connectivity index (χ1v) is 6.62. The van der Waals surface area contributed by atoms with Crippen LogP contribution in [0.15, 0.2) is 24.3 Å². The van der Waals surface area contributed by atoms with Gasteiger partial charge in [-0.1, -0.05) is 31.2 Å². The van der Waals surface area contributed by atoms with Crippen molar-refractivity contribution in [3.05, 3.63) is 35.4 Å². The maximum Gasteiger partial charge on any atom is 0.408 e. The van der Waals surface area contributed by atoms with Crippen LogP contribution in [0.1, 0.15) is 24.1 Å². The molecule has 2 nitrogen and oxygen atoms in total. The van der Waals surface area contributed by atoms with E-state index in [0.717, 1.165) is 12.0 Å². The van der Waals surface area contributed by atoms with Crippen molar-refractivity contribution < 1.29 is 13.2 Å². The molecular formula is C14H20ClF3N2. The number of piperazine rings is 1. The molecule has 114 valence electrons. The highest BCUT2D eigenvalue weighted by Gasteiger charge is 2.44. The Morgan fingerprint density at radius 2 is 1.70 bits per heavy atom. The minimum atomic E-state index is -4.23. The fourth-order valence-electron chi connectivity index (χ4n) is 2.48. The van der Waals surface area contributed by atoms with Crippen molar-refractivity contribution >= 4 is 12.4 Å². The Labute approximate surface area is 123 Å². The number of nitrogens with zero attached hydrogens (tertiary/aromatic N) is 1. The third-order valence-electron chi connectivity index (χ3n) is 3.53. The highest BCUT2D eigenvalue weighted by molar-refractivity contribution is 5.85. The van der Waals surface area contributed by atoms with Gasteiger partial charge in [0.25, 0.3) is 0 Å². The van der Waals surface area contributed by atoms with Gasteiger partial charge in [0.05, 0.1) is 0 Å². The van der Waals surface area contributed by atoms with Crippen molar-refractivity contribution in [2.24, 2.45) is 0 Å². The van der Waals surface area contributed by atoms with Crippen molar-refractivity contribution in [2.75, 3.05) is 26.2 Å². The maximum absolute atomic E-state index is 13.3. The first kappa shape index (κ1) is 17.3. The van der Waals surface area contributed by atoms with Crippen LogP contribution < -0.4 is 5.32 Å². The van der Waals surface area contributed by atoms with E-state index in [4.69, 9.17) is 0 Å². The predicted molar refractivity (Wildman–Crippen MR) is 76.3 cm³/mol. The number of alkyl halides is 3. The minimum absolute atomic E-state index is 0. The average molecular weight is 309 g/mol. The van der Waals surface area contributed by atoms with E-state index in [-0.39, 0.29) is 12.4 Å². The smallest absolute Gasteiger partial charge is 0.314 e. The SMILES string of the molecule is CCc1ccc([C@H](N2CCNCC2)C(F)(F)F)cc1.Cl. The zero-order chi connectivity index (χ0) is 13.9. The summed E-state index contributed by atoms with van der Waals surface area (Å²) in [4.78, 5) is 1.51. The molecule has 1 aliphatic rings. The molecule has 0 radical (unpaired) electrons. The zero-order valence-electron chi connectivity index (χ0n) is 11.4. The number of benzene rings is 1. The molecule has 1 aliphatic heterocycles. The Morgan fingerprint density at radius 3 is 2.15 bits per heavy atom. The van der Waals surface area contributed by atoms with Gasteiger partial charge >= 0.3 is 6.18 Å². The van der Waals surface area contributed by atoms with Gasteiger partial charge in [0.2, 0.25) is 0 Å². The molecule has 6 heteroatoms. The van der Waals surface area contributed by atoms with Gasteiger partial charge in [0, 0.05) is 26.2 Å². The number of hydrogen-bond acceptors (Lipinski definition) is 2. The van der Waals surface area contributed by atoms with E-state index >= 15 is 0 Å². The normalized spacial score (nSPS) is 18.4. The Morgan fingerprint density at radius 1 is 1.15 bits per heavy atom. The molecule has 0 aromatic heterocycles. The van der Waals surface area contributed by atoms with Crippen LogP contribution in [0.25, 0.3) is 0 Å². The topological polar surface area (TPSA) is 15.3 Å². The summed E-state index contributed by atoms with van der Waals surface area (Å²) in [5.74, 6) is 0. The first-order chi connectivity index (χ1) is 9.02. The van der Waals surface area contributed by atoms with Crippen molar-refractivity contribution in [2.45, 2.75) is 25.6 Å². The molecular weight excluding hydrogens is 289 g/mol. The largest absolute Gasteiger partial charge is 0.408 e. The second-order valence-corrected chi connectivity index (χ2v) is 4.83. The monoisotopic (exact) mass is 308 g/mol. The molecule has 0 amide bonds. The molecule has 1 fully saturated rings. The highest BCUT2D eigenvalue weighted by atomic mass is 35.5. The van der Waals surface area contributed by atoms with Crippen molar-refractivity contribution in [1.82, 2.24) is 10.2 Å². The molecule has 0 unspecified atom stereocenters. The highest BCUT2D eigenvalue weighted by Crippen LogP contribution is 2.37. The van der Waals surface area contributed by atoms with Crippen molar-refractivity contribution in [1.29, 1.82) is 0 Å². The molecule has 0 bridgehead atoms. The maximum atomic E-state index is 13.3. The van der Waals surface area contributed by atoms with Gasteiger partial charge in [0.1, 0.15) is 6.04 Å². The number of halogens is 4. The molecule has 0 spiro atoms. The lowest BCUT2D eigenvalue weighted by Crippen LogP contribution is -2.49. The van der Waals surface area contributed by atoms with E-state index in [0.29, 0.717) is 31.7 Å². The summed E-state index contributed by atoms with van der Waals surface area (Å²) in [6.07, 6.45) is -3.39. The van der Waals surface area contributed by atoms with Crippen molar-refractivity contribution in [3.63, 3.8) is 0 Å². The van der Waals surface area contributed by atoms with Crippen LogP contribution in [-0.2, 0) is 6.42 Å². The first-order valence-electron chi connectivity index (χ1n) is 6.62. The standard InChI is InChI=1S/C14H19F3N2.ClH/c1-2-11-3-5-12(6-4-11)13(14(15,16)17)19-9-7-18-8-10-19;/h3-6,13,18H,2,7-10H2,1H3;1H/t13-;/m0./s1. The molecule has 20 heavy (non-hydrogen) atoms. The van der Waals surface area contributed by atoms with Crippen molar-refractivity contribution in [3.8, 4) is 0 Å². The van der Waals surface area contributed by atoms with E-state index in [1.54, 1.807) is 24.3 Å². The second-order valence-electron chi connectivity index (χ2n) is 4.83. The molecule has 1 atom stereocenters. The average Bonchev–Trinajstić information content (AvgIpc) is 2.39. The fraction of sp³-hybridized carbons (Fsp3) is 0.571. The molecule has 0 saturated carbocycles. The van der Waals surface area contributed by atoms with Gasteiger partial charge in [-0.25, -0.2) is 0 Å². The number of hydrogen-bond donors (Lipinski definition) is 1. The lowest BCUT2D eigenvalue weighted by Gasteiger charge is -2.36. The molecule has 1 aromatic rings. The van der Waals surface area contributed by atoms with Crippen LogP contribution in [0.2, 0.25) is 0 Å². The lowest BCUT2D eigenvalue weighted by molar-refractivity contribution is -0.187. The Hall–Kier alpha value is -0.780. The van der Waals surface area contributed by atoms with E-state index in [1.165, 1.54) is 4.90 Å². The van der Waals surface area contributed by atoms with Gasteiger partial charge in [-0.15, -0.1) is 12.4 Å². The third kappa shape index (κ3) is 4.11. The van der Waals surface area contributed by atoms with Crippen LogP contribution in [-0.4, -0.2) is 37.3 Å². The fourth-order valence-corrected chi connectivity index (χ4v) is 2.48. The van der Waals surface area contributed by atoms with Gasteiger partial charge in [-0.05, 0) is 17.5 Å². The van der Waals surface area contributed by atoms with Gasteiger partial charge < -0.3 is 5.32 Å². The van der Waals surface area contributed by atoms with Gasteiger partial charge in [-0.2, -0.15) is 13.2 Å². The molecule has 2 rings (SSSR count). The zero-order valence-corrected chi connectivity index (χ0v) is 12.2. The predicted octanol–water partition coefficient (Wildman–Crippen LogP) is 3.18. The van der Waals surface area contributed by atoms with Crippen LogP contribution in [0.3, 0.4) is 0 Å². The van der Waals surface area contributed by atoms with E-state index in [2.05, 4.69) is 5.32 Å². The second kappa shape index (κ2) is 7.29. The van der Waals surface area contributed by atoms with E-state index < -0.39 is 12.2 Å². The Balaban J connectivity index is 0.00000200. The molecule has 1 aromatic carbocycles. The number of aryl methyl sites for hydroxylation is 1. The lowest BCUT2D eigenvalue weighted by atomic mass is 10.0. The van der Waals surface area contributed by atoms with E-state index in [9.17, 15) is 13.2 Å². The molecule has 1 N–H and O–H groups in total. The summed E-state index contributed by atoms with van der Waals surface area (Å²) in [6.45, 7) is 4.07. The number of nitrogens with one attached hydrogen (secondary N) is 1. The van der Waals surface area contributed by atoms with Crippen LogP contribution >= 0.6 is 12.4 Å². The van der Waals surface area contributed by atoms with E-state index in [1.807, 2.05) is 6.92 Å². The summed E-state index contributed by atoms with van der Waals surface area (Å²) in [5, 5.41) is 3.08. The quantitative estimate of drug-likeness (QED) is 0.922. The summed E-state index contributed by atoms with van der Waals surface area (Å²) in [6, 6.07) is 5.31. The Kier molecular flexibility index (Phi) is 6.30. The third-order valence-corrected chi connectivity index (χ3v) is 3.53.